The first-order valence-corrected chi connectivity index (χ1v) is 7.97. The number of alkyl halides is 3. The molecule has 1 heterocycles. The van der Waals surface area contributed by atoms with Gasteiger partial charge in [0.25, 0.3) is 5.56 Å². The smallest absolute Gasteiger partial charge is 0.433 e. The Hall–Kier alpha value is -2.82. The molecule has 7 nitrogen and oxygen atoms in total. The minimum atomic E-state index is -4.76. The van der Waals surface area contributed by atoms with E-state index < -0.39 is 29.3 Å². The minimum Gasteiger partial charge on any atom is -0.465 e. The van der Waals surface area contributed by atoms with E-state index in [9.17, 15) is 27.6 Å². The number of methoxy groups -OCH3 is 1. The summed E-state index contributed by atoms with van der Waals surface area (Å²) in [6.45, 7) is 0. The number of aromatic amines is 1. The molecule has 0 aliphatic heterocycles. The molecule has 2 N–H and O–H groups in total. The normalized spacial score (nSPS) is 11.1. The predicted octanol–water partition coefficient (Wildman–Crippen LogP) is 2.31. The van der Waals surface area contributed by atoms with Crippen LogP contribution in [0.4, 0.5) is 18.9 Å². The van der Waals surface area contributed by atoms with Gasteiger partial charge in [-0.15, -0.1) is 0 Å². The van der Waals surface area contributed by atoms with E-state index in [1.54, 1.807) is 0 Å². The van der Waals surface area contributed by atoms with Crippen molar-refractivity contribution in [3.63, 3.8) is 0 Å². The molecule has 0 unspecified atom stereocenters. The average molecular weight is 387 g/mol. The highest BCUT2D eigenvalue weighted by atomic mass is 32.2. The fraction of sp³-hybridized carbons (Fsp3) is 0.200. The van der Waals surface area contributed by atoms with Gasteiger partial charge < -0.3 is 15.0 Å². The van der Waals surface area contributed by atoms with E-state index in [2.05, 4.69) is 20.0 Å². The van der Waals surface area contributed by atoms with Crippen molar-refractivity contribution in [1.29, 1.82) is 0 Å². The van der Waals surface area contributed by atoms with E-state index in [0.717, 1.165) is 0 Å². The van der Waals surface area contributed by atoms with Gasteiger partial charge in [0.05, 0.1) is 18.4 Å². The van der Waals surface area contributed by atoms with Crippen LogP contribution < -0.4 is 10.9 Å². The van der Waals surface area contributed by atoms with E-state index >= 15 is 0 Å². The number of nitrogens with zero attached hydrogens (tertiary/aromatic N) is 1. The molecule has 0 fully saturated rings. The molecule has 1 amide bonds. The maximum Gasteiger partial charge on any atom is 0.433 e. The van der Waals surface area contributed by atoms with E-state index in [4.69, 9.17) is 0 Å². The molecular formula is C15H12F3N3O4S. The van der Waals surface area contributed by atoms with Crippen molar-refractivity contribution in [2.24, 2.45) is 0 Å². The highest BCUT2D eigenvalue weighted by molar-refractivity contribution is 7.99. The Morgan fingerprint density at radius 2 is 1.92 bits per heavy atom. The summed E-state index contributed by atoms with van der Waals surface area (Å²) in [5.41, 5.74) is -1.62. The first kappa shape index (κ1) is 19.5. The number of rotatable bonds is 5. The molecule has 0 spiro atoms. The topological polar surface area (TPSA) is 101 Å². The van der Waals surface area contributed by atoms with E-state index in [1.807, 2.05) is 0 Å². The van der Waals surface area contributed by atoms with Crippen LogP contribution in [0.2, 0.25) is 0 Å². The lowest BCUT2D eigenvalue weighted by atomic mass is 10.2. The summed E-state index contributed by atoms with van der Waals surface area (Å²) in [5.74, 6) is -1.33. The summed E-state index contributed by atoms with van der Waals surface area (Å²) in [5, 5.41) is 2.18. The number of carbonyl (C=O) groups is 2. The summed E-state index contributed by atoms with van der Waals surface area (Å²) >= 11 is 0.651. The molecule has 0 bridgehead atoms. The third-order valence-corrected chi connectivity index (χ3v) is 3.81. The first-order chi connectivity index (χ1) is 12.2. The van der Waals surface area contributed by atoms with Crippen LogP contribution >= 0.6 is 11.8 Å². The molecular weight excluding hydrogens is 375 g/mol. The van der Waals surface area contributed by atoms with Crippen LogP contribution in [0, 0.1) is 0 Å². The second-order valence-electron chi connectivity index (χ2n) is 4.84. The largest absolute Gasteiger partial charge is 0.465 e. The van der Waals surface area contributed by atoms with E-state index in [-0.39, 0.29) is 10.9 Å². The van der Waals surface area contributed by atoms with Crippen LogP contribution in [0.3, 0.4) is 0 Å². The summed E-state index contributed by atoms with van der Waals surface area (Å²) in [7, 11) is 1.24. The third-order valence-electron chi connectivity index (χ3n) is 2.94. The lowest BCUT2D eigenvalue weighted by molar-refractivity contribution is -0.141. The van der Waals surface area contributed by atoms with Gasteiger partial charge in [-0.25, -0.2) is 9.78 Å². The fourth-order valence-electron chi connectivity index (χ4n) is 1.79. The Balaban J connectivity index is 1.98. The zero-order valence-electron chi connectivity index (χ0n) is 13.2. The number of hydrogen-bond donors (Lipinski definition) is 2. The number of H-pyrrole nitrogens is 1. The van der Waals surface area contributed by atoms with Gasteiger partial charge in [-0.3, -0.25) is 9.59 Å². The lowest BCUT2D eigenvalue weighted by Crippen LogP contribution is -2.18. The van der Waals surface area contributed by atoms with Crippen LogP contribution in [-0.4, -0.2) is 34.7 Å². The van der Waals surface area contributed by atoms with Gasteiger partial charge in [0.1, 0.15) is 0 Å². The number of amides is 1. The number of anilines is 1. The number of halogens is 3. The lowest BCUT2D eigenvalue weighted by Gasteiger charge is -2.08. The Bertz CT molecular complexity index is 866. The Morgan fingerprint density at radius 3 is 2.50 bits per heavy atom. The van der Waals surface area contributed by atoms with Gasteiger partial charge in [-0.1, -0.05) is 11.8 Å². The van der Waals surface area contributed by atoms with Gasteiger partial charge in [0.15, 0.2) is 10.9 Å². The minimum absolute atomic E-state index is 0.275. The summed E-state index contributed by atoms with van der Waals surface area (Å²) in [6, 6.07) is 6.17. The van der Waals surface area contributed by atoms with Crippen molar-refractivity contribution >= 4 is 29.3 Å². The Kier molecular flexibility index (Phi) is 6.03. The van der Waals surface area contributed by atoms with Gasteiger partial charge >= 0.3 is 12.1 Å². The predicted molar refractivity (Wildman–Crippen MR) is 87.0 cm³/mol. The molecule has 0 saturated carbocycles. The van der Waals surface area contributed by atoms with Crippen molar-refractivity contribution in [2.45, 2.75) is 11.3 Å². The summed E-state index contributed by atoms with van der Waals surface area (Å²) in [6.07, 6.45) is -4.76. The molecule has 0 radical (unpaired) electrons. The molecule has 1 aromatic heterocycles. The second kappa shape index (κ2) is 8.04. The number of esters is 1. The molecule has 0 aliphatic rings. The van der Waals surface area contributed by atoms with Gasteiger partial charge in [0, 0.05) is 11.8 Å². The zero-order chi connectivity index (χ0) is 19.3. The van der Waals surface area contributed by atoms with Crippen LogP contribution in [0.25, 0.3) is 0 Å². The molecule has 2 aromatic rings. The average Bonchev–Trinajstić information content (AvgIpc) is 2.59. The van der Waals surface area contributed by atoms with Gasteiger partial charge in [-0.2, -0.15) is 13.2 Å². The maximum atomic E-state index is 12.6. The Morgan fingerprint density at radius 1 is 1.27 bits per heavy atom. The number of ether oxygens (including phenoxy) is 1. The van der Waals surface area contributed by atoms with Crippen LogP contribution in [0.15, 0.2) is 40.3 Å². The van der Waals surface area contributed by atoms with Crippen LogP contribution in [0.1, 0.15) is 16.1 Å². The van der Waals surface area contributed by atoms with Crippen molar-refractivity contribution in [3.05, 3.63) is 51.9 Å². The number of hydrogen-bond acceptors (Lipinski definition) is 6. The first-order valence-electron chi connectivity index (χ1n) is 6.98. The second-order valence-corrected chi connectivity index (χ2v) is 5.80. The molecule has 138 valence electrons. The summed E-state index contributed by atoms with van der Waals surface area (Å²) in [4.78, 5) is 39.8. The highest BCUT2D eigenvalue weighted by Gasteiger charge is 2.33. The van der Waals surface area contributed by atoms with Gasteiger partial charge in [0.2, 0.25) is 5.91 Å². The van der Waals surface area contributed by atoms with Gasteiger partial charge in [-0.05, 0) is 24.3 Å². The van der Waals surface area contributed by atoms with Crippen molar-refractivity contribution in [3.8, 4) is 0 Å². The SMILES string of the molecule is COC(=O)c1ccc(NC(=O)CSc2nc(C(F)(F)F)cc(=O)[nH]2)cc1. The highest BCUT2D eigenvalue weighted by Crippen LogP contribution is 2.27. The molecule has 26 heavy (non-hydrogen) atoms. The molecule has 1 aromatic carbocycles. The number of thioether (sulfide) groups is 1. The third kappa shape index (κ3) is 5.34. The maximum absolute atomic E-state index is 12.6. The van der Waals surface area contributed by atoms with Crippen LogP contribution in [-0.2, 0) is 15.7 Å². The molecule has 0 aliphatic carbocycles. The monoisotopic (exact) mass is 387 g/mol. The quantitative estimate of drug-likeness (QED) is 0.464. The number of carbonyl (C=O) groups excluding carboxylic acids is 2. The number of benzene rings is 1. The number of nitrogens with one attached hydrogen (secondary N) is 2. The Labute approximate surface area is 149 Å². The van der Waals surface area contributed by atoms with Crippen molar-refractivity contribution in [2.75, 3.05) is 18.2 Å². The standard InChI is InChI=1S/C15H12F3N3O4S/c1-25-13(24)8-2-4-9(5-3-8)19-12(23)7-26-14-20-10(15(16,17)18)6-11(22)21-14/h2-6H,7H2,1H3,(H,19,23)(H,20,21,22). The van der Waals surface area contributed by atoms with Crippen molar-refractivity contribution < 1.29 is 27.5 Å². The molecule has 2 rings (SSSR count). The molecule has 11 heteroatoms. The van der Waals surface area contributed by atoms with Crippen molar-refractivity contribution in [1.82, 2.24) is 9.97 Å². The van der Waals surface area contributed by atoms with E-state index in [1.165, 1.54) is 31.4 Å². The van der Waals surface area contributed by atoms with E-state index in [0.29, 0.717) is 29.1 Å². The fourth-order valence-corrected chi connectivity index (χ4v) is 2.46. The molecule has 0 atom stereocenters. The summed E-state index contributed by atoms with van der Waals surface area (Å²) < 4.78 is 42.4. The number of aromatic nitrogens is 2. The van der Waals surface area contributed by atoms with Crippen LogP contribution in [0.5, 0.6) is 0 Å². The molecule has 0 saturated heterocycles. The zero-order valence-corrected chi connectivity index (χ0v) is 14.0.